The lowest BCUT2D eigenvalue weighted by molar-refractivity contribution is 0.391. The molecule has 2 aromatic heterocycles. The molecule has 0 saturated carbocycles. The number of aryl methyl sites for hydroxylation is 1. The molecule has 0 saturated heterocycles. The van der Waals surface area contributed by atoms with Crippen LogP contribution in [0.1, 0.15) is 26.5 Å². The molecule has 86 valence electrons. The highest BCUT2D eigenvalue weighted by atomic mass is 32.1. The van der Waals surface area contributed by atoms with E-state index >= 15 is 0 Å². The van der Waals surface area contributed by atoms with Gasteiger partial charge in [0, 0.05) is 5.54 Å². The summed E-state index contributed by atoms with van der Waals surface area (Å²) in [6, 6.07) is 0. The Morgan fingerprint density at radius 1 is 1.44 bits per heavy atom. The maximum Gasteiger partial charge on any atom is 0.195 e. The van der Waals surface area contributed by atoms with Crippen molar-refractivity contribution in [2.75, 3.05) is 0 Å². The molecule has 0 amide bonds. The Labute approximate surface area is 98.5 Å². The summed E-state index contributed by atoms with van der Waals surface area (Å²) in [5, 5.41) is 10.8. The Morgan fingerprint density at radius 2 is 2.12 bits per heavy atom. The minimum absolute atomic E-state index is 0.136. The highest BCUT2D eigenvalue weighted by molar-refractivity contribution is 7.71. The van der Waals surface area contributed by atoms with Crippen LogP contribution in [0, 0.1) is 11.7 Å². The molecule has 0 fully saturated rings. The van der Waals surface area contributed by atoms with Crippen LogP contribution in [-0.4, -0.2) is 19.9 Å². The molecular formula is C10H14N4OS. The minimum Gasteiger partial charge on any atom is -0.361 e. The van der Waals surface area contributed by atoms with Crippen molar-refractivity contribution in [3.05, 3.63) is 16.7 Å². The predicted octanol–water partition coefficient (Wildman–Crippen LogP) is 2.66. The first-order valence-corrected chi connectivity index (χ1v) is 5.41. The van der Waals surface area contributed by atoms with E-state index in [0.29, 0.717) is 4.77 Å². The number of nitrogens with one attached hydrogen (secondary N) is 1. The lowest BCUT2D eigenvalue weighted by atomic mass is 10.1. The second-order valence-corrected chi connectivity index (χ2v) is 5.04. The first-order valence-electron chi connectivity index (χ1n) is 5.01. The van der Waals surface area contributed by atoms with Crippen LogP contribution < -0.4 is 0 Å². The van der Waals surface area contributed by atoms with E-state index in [-0.39, 0.29) is 5.54 Å². The zero-order chi connectivity index (χ0) is 11.9. The maximum atomic E-state index is 5.23. The molecule has 2 aromatic rings. The van der Waals surface area contributed by atoms with Crippen molar-refractivity contribution in [2.24, 2.45) is 0 Å². The first-order chi connectivity index (χ1) is 7.41. The van der Waals surface area contributed by atoms with Gasteiger partial charge in [0.05, 0.1) is 11.8 Å². The van der Waals surface area contributed by atoms with Crippen molar-refractivity contribution in [2.45, 2.75) is 33.2 Å². The smallest absolute Gasteiger partial charge is 0.195 e. The lowest BCUT2D eigenvalue weighted by Crippen LogP contribution is -2.23. The maximum absolute atomic E-state index is 5.23. The van der Waals surface area contributed by atoms with Crippen LogP contribution in [0.3, 0.4) is 0 Å². The van der Waals surface area contributed by atoms with E-state index in [2.05, 4.69) is 36.1 Å². The Hall–Kier alpha value is -1.43. The van der Waals surface area contributed by atoms with E-state index in [0.717, 1.165) is 17.1 Å². The van der Waals surface area contributed by atoms with Crippen LogP contribution in [0.2, 0.25) is 0 Å². The third-order valence-corrected chi connectivity index (χ3v) is 2.61. The number of rotatable bonds is 1. The van der Waals surface area contributed by atoms with Gasteiger partial charge in [0.15, 0.2) is 10.6 Å². The Balaban J connectivity index is 2.69. The van der Waals surface area contributed by atoms with E-state index in [1.54, 1.807) is 6.20 Å². The summed E-state index contributed by atoms with van der Waals surface area (Å²) in [6.07, 6.45) is 1.66. The zero-order valence-corrected chi connectivity index (χ0v) is 10.6. The van der Waals surface area contributed by atoms with Crippen molar-refractivity contribution >= 4 is 12.2 Å². The third kappa shape index (κ3) is 1.69. The van der Waals surface area contributed by atoms with Crippen LogP contribution in [0.4, 0.5) is 0 Å². The van der Waals surface area contributed by atoms with Crippen molar-refractivity contribution < 1.29 is 4.52 Å². The molecular weight excluding hydrogens is 224 g/mol. The van der Waals surface area contributed by atoms with E-state index in [1.165, 1.54) is 0 Å². The largest absolute Gasteiger partial charge is 0.361 e. The molecule has 0 aliphatic heterocycles. The second-order valence-electron chi connectivity index (χ2n) is 4.65. The van der Waals surface area contributed by atoms with Crippen molar-refractivity contribution in [1.82, 2.24) is 19.9 Å². The number of aromatic nitrogens is 4. The van der Waals surface area contributed by atoms with Gasteiger partial charge >= 0.3 is 0 Å². The number of hydrogen-bond donors (Lipinski definition) is 1. The molecule has 16 heavy (non-hydrogen) atoms. The van der Waals surface area contributed by atoms with Gasteiger partial charge < -0.3 is 4.52 Å². The SMILES string of the molecule is Cc1oncc1-c1n[nH]c(=S)n1C(C)(C)C. The number of aromatic amines is 1. The predicted molar refractivity (Wildman–Crippen MR) is 62.6 cm³/mol. The Bertz CT molecular complexity index is 558. The molecule has 0 aromatic carbocycles. The summed E-state index contributed by atoms with van der Waals surface area (Å²) in [5.41, 5.74) is 0.727. The minimum atomic E-state index is -0.136. The van der Waals surface area contributed by atoms with Crippen LogP contribution in [0.15, 0.2) is 10.7 Å². The average molecular weight is 238 g/mol. The first kappa shape index (κ1) is 11.1. The standard InChI is InChI=1S/C10H14N4OS/c1-6-7(5-11-15-6)8-12-13-9(16)14(8)10(2,3)4/h5H,1-4H3,(H,13,16). The van der Waals surface area contributed by atoms with Gasteiger partial charge in [0.25, 0.3) is 0 Å². The fourth-order valence-electron chi connectivity index (χ4n) is 1.61. The van der Waals surface area contributed by atoms with Gasteiger partial charge in [-0.25, -0.2) is 0 Å². The van der Waals surface area contributed by atoms with Crippen LogP contribution in [-0.2, 0) is 5.54 Å². The van der Waals surface area contributed by atoms with Crippen LogP contribution in [0.25, 0.3) is 11.4 Å². The molecule has 0 aliphatic rings. The van der Waals surface area contributed by atoms with E-state index < -0.39 is 0 Å². The van der Waals surface area contributed by atoms with Gasteiger partial charge in [-0.3, -0.25) is 9.67 Å². The summed E-state index contributed by atoms with van der Waals surface area (Å²) >= 11 is 5.23. The van der Waals surface area contributed by atoms with Crippen molar-refractivity contribution in [3.63, 3.8) is 0 Å². The molecule has 2 rings (SSSR count). The normalized spacial score (nSPS) is 12.0. The molecule has 0 radical (unpaired) electrons. The summed E-state index contributed by atoms with van der Waals surface area (Å²) < 4.78 is 7.60. The zero-order valence-electron chi connectivity index (χ0n) is 9.74. The van der Waals surface area contributed by atoms with Gasteiger partial charge in [-0.15, -0.1) is 0 Å². The molecule has 0 spiro atoms. The molecule has 0 aliphatic carbocycles. The summed E-state index contributed by atoms with van der Waals surface area (Å²) in [7, 11) is 0. The summed E-state index contributed by atoms with van der Waals surface area (Å²) in [4.78, 5) is 0. The van der Waals surface area contributed by atoms with E-state index in [4.69, 9.17) is 16.7 Å². The van der Waals surface area contributed by atoms with Crippen LogP contribution >= 0.6 is 12.2 Å². The average Bonchev–Trinajstić information content (AvgIpc) is 2.69. The fraction of sp³-hybridized carbons (Fsp3) is 0.500. The highest BCUT2D eigenvalue weighted by Crippen LogP contribution is 2.26. The molecule has 2 heterocycles. The van der Waals surface area contributed by atoms with E-state index in [9.17, 15) is 0 Å². The van der Waals surface area contributed by atoms with Crippen molar-refractivity contribution in [1.29, 1.82) is 0 Å². The summed E-state index contributed by atoms with van der Waals surface area (Å²) in [6.45, 7) is 8.08. The van der Waals surface area contributed by atoms with Gasteiger partial charge in [0.1, 0.15) is 5.76 Å². The number of hydrogen-bond acceptors (Lipinski definition) is 4. The van der Waals surface area contributed by atoms with Gasteiger partial charge in [-0.1, -0.05) is 5.16 Å². The highest BCUT2D eigenvalue weighted by Gasteiger charge is 2.22. The van der Waals surface area contributed by atoms with Crippen LogP contribution in [0.5, 0.6) is 0 Å². The Morgan fingerprint density at radius 3 is 2.62 bits per heavy atom. The van der Waals surface area contributed by atoms with Gasteiger partial charge in [0.2, 0.25) is 0 Å². The second kappa shape index (κ2) is 3.55. The molecule has 0 unspecified atom stereocenters. The lowest BCUT2D eigenvalue weighted by Gasteiger charge is -2.22. The number of nitrogens with zero attached hydrogens (tertiary/aromatic N) is 3. The Kier molecular flexibility index (Phi) is 2.46. The molecule has 0 bridgehead atoms. The van der Waals surface area contributed by atoms with E-state index in [1.807, 2.05) is 11.5 Å². The molecule has 5 nitrogen and oxygen atoms in total. The number of H-pyrrole nitrogens is 1. The monoisotopic (exact) mass is 238 g/mol. The van der Waals surface area contributed by atoms with Gasteiger partial charge in [-0.2, -0.15) is 5.10 Å². The molecule has 1 N–H and O–H groups in total. The third-order valence-electron chi connectivity index (χ3n) is 2.33. The van der Waals surface area contributed by atoms with Gasteiger partial charge in [-0.05, 0) is 39.9 Å². The quantitative estimate of drug-likeness (QED) is 0.776. The molecule has 0 atom stereocenters. The summed E-state index contributed by atoms with van der Waals surface area (Å²) in [5.74, 6) is 1.50. The fourth-order valence-corrected chi connectivity index (χ4v) is 2.02. The topological polar surface area (TPSA) is 59.6 Å². The molecule has 6 heteroatoms. The van der Waals surface area contributed by atoms with Crippen molar-refractivity contribution in [3.8, 4) is 11.4 Å².